The van der Waals surface area contributed by atoms with Gasteiger partial charge in [0, 0.05) is 38.4 Å². The highest BCUT2D eigenvalue weighted by Crippen LogP contribution is 2.48. The third-order valence-corrected chi connectivity index (χ3v) is 13.1. The molecule has 0 unspecified atom stereocenters. The lowest BCUT2D eigenvalue weighted by molar-refractivity contribution is 0.445. The summed E-state index contributed by atoms with van der Waals surface area (Å²) in [5.41, 5.74) is 15.4. The molecule has 2 heterocycles. The Bertz CT molecular complexity index is 3430. The largest absolute Gasteiger partial charge is 0.456 e. The molecule has 0 radical (unpaired) electrons. The van der Waals surface area contributed by atoms with E-state index in [2.05, 4.69) is 175 Å². The third kappa shape index (κ3) is 6.11. The van der Waals surface area contributed by atoms with Crippen LogP contribution >= 0.6 is 0 Å². The van der Waals surface area contributed by atoms with Gasteiger partial charge in [0.15, 0.2) is 0 Å². The highest BCUT2D eigenvalue weighted by Gasteiger charge is 2.24. The molecule has 1 aliphatic carbocycles. The fraction of sp³-hybridized carbons (Fsp3) is 0.103. The van der Waals surface area contributed by atoms with Gasteiger partial charge < -0.3 is 13.7 Å². The SMILES string of the molecule is c1cc(-c2ccc3c(c2)oc2ccccc23)cc(N(c2ccccc2-c2ccc3oc4ccccc4c3c2)c2ccccc2-c2cccc3cccc(C4CCCCC4)c23)c1. The van der Waals surface area contributed by atoms with Crippen LogP contribution in [0.15, 0.2) is 203 Å². The van der Waals surface area contributed by atoms with Crippen LogP contribution in [0.25, 0.3) is 88.0 Å². The van der Waals surface area contributed by atoms with E-state index in [1.54, 1.807) is 0 Å². The Balaban J connectivity index is 1.08. The van der Waals surface area contributed by atoms with Crippen LogP contribution in [0.5, 0.6) is 0 Å². The molecule has 1 aliphatic rings. The Hall–Kier alpha value is -7.36. The Morgan fingerprint density at radius 1 is 0.377 bits per heavy atom. The van der Waals surface area contributed by atoms with Crippen LogP contribution in [-0.4, -0.2) is 0 Å². The lowest BCUT2D eigenvalue weighted by atomic mass is 9.80. The molecular formula is C58H43NO2. The molecule has 12 rings (SSSR count). The minimum atomic E-state index is 0.567. The number of anilines is 3. The topological polar surface area (TPSA) is 29.5 Å². The fourth-order valence-corrected chi connectivity index (χ4v) is 10.2. The van der Waals surface area contributed by atoms with E-state index in [9.17, 15) is 0 Å². The van der Waals surface area contributed by atoms with Crippen molar-refractivity contribution in [1.82, 2.24) is 0 Å². The third-order valence-electron chi connectivity index (χ3n) is 13.1. The molecule has 2 aromatic heterocycles. The molecule has 0 amide bonds. The first-order valence-electron chi connectivity index (χ1n) is 21.7. The second kappa shape index (κ2) is 14.7. The van der Waals surface area contributed by atoms with E-state index in [4.69, 9.17) is 8.83 Å². The highest BCUT2D eigenvalue weighted by molar-refractivity contribution is 6.09. The second-order valence-corrected chi connectivity index (χ2v) is 16.6. The zero-order chi connectivity index (χ0) is 40.3. The first-order chi connectivity index (χ1) is 30.2. The summed E-state index contributed by atoms with van der Waals surface area (Å²) in [6.45, 7) is 0. The smallest absolute Gasteiger partial charge is 0.136 e. The van der Waals surface area contributed by atoms with Gasteiger partial charge in [-0.2, -0.15) is 0 Å². The van der Waals surface area contributed by atoms with Crippen molar-refractivity contribution < 1.29 is 8.83 Å². The standard InChI is InChI=1S/C58H43NO2/c1-2-15-38(16-3-1)45-25-13-17-39-18-14-26-50(58(39)45)46-22-5-9-28-53(46)59(43-20-12-19-40(35-43)41-31-33-49-47-23-6-10-29-54(47)61-57(49)37-41)52-27-8-4-21-44(52)42-32-34-56-51(36-42)48-24-7-11-30-55(48)60-56/h4-14,17-38H,1-3,15-16H2. The van der Waals surface area contributed by atoms with Crippen LogP contribution < -0.4 is 4.90 Å². The Morgan fingerprint density at radius 2 is 0.967 bits per heavy atom. The van der Waals surface area contributed by atoms with E-state index >= 15 is 0 Å². The lowest BCUT2D eigenvalue weighted by Crippen LogP contribution is -2.13. The monoisotopic (exact) mass is 785 g/mol. The van der Waals surface area contributed by atoms with Crippen molar-refractivity contribution in [1.29, 1.82) is 0 Å². The predicted molar refractivity (Wildman–Crippen MR) is 255 cm³/mol. The maximum absolute atomic E-state index is 6.38. The summed E-state index contributed by atoms with van der Waals surface area (Å²) in [6, 6.07) is 70.5. The number of rotatable bonds is 7. The van der Waals surface area contributed by atoms with E-state index in [0.717, 1.165) is 83.2 Å². The fourth-order valence-electron chi connectivity index (χ4n) is 10.2. The number of para-hydroxylation sites is 4. The molecule has 9 aromatic carbocycles. The van der Waals surface area contributed by atoms with Gasteiger partial charge in [-0.1, -0.05) is 153 Å². The van der Waals surface area contributed by atoms with Crippen molar-refractivity contribution in [3.05, 3.63) is 200 Å². The van der Waals surface area contributed by atoms with Gasteiger partial charge in [0.2, 0.25) is 0 Å². The van der Waals surface area contributed by atoms with Crippen LogP contribution in [0.3, 0.4) is 0 Å². The van der Waals surface area contributed by atoms with Crippen LogP contribution in [-0.2, 0) is 0 Å². The van der Waals surface area contributed by atoms with Gasteiger partial charge in [-0.25, -0.2) is 0 Å². The maximum Gasteiger partial charge on any atom is 0.136 e. The lowest BCUT2D eigenvalue weighted by Gasteiger charge is -2.31. The summed E-state index contributed by atoms with van der Waals surface area (Å²) in [6.07, 6.45) is 6.42. The van der Waals surface area contributed by atoms with E-state index in [-0.39, 0.29) is 0 Å². The molecule has 1 fully saturated rings. The van der Waals surface area contributed by atoms with Gasteiger partial charge in [-0.15, -0.1) is 0 Å². The molecule has 0 bridgehead atoms. The zero-order valence-electron chi connectivity index (χ0n) is 33.9. The maximum atomic E-state index is 6.38. The number of benzene rings is 9. The Kier molecular flexibility index (Phi) is 8.59. The van der Waals surface area contributed by atoms with E-state index in [0.29, 0.717) is 5.92 Å². The van der Waals surface area contributed by atoms with Gasteiger partial charge >= 0.3 is 0 Å². The molecule has 0 aliphatic heterocycles. The number of hydrogen-bond acceptors (Lipinski definition) is 3. The molecule has 0 atom stereocenters. The zero-order valence-corrected chi connectivity index (χ0v) is 33.9. The number of nitrogens with zero attached hydrogens (tertiary/aromatic N) is 1. The highest BCUT2D eigenvalue weighted by atomic mass is 16.3. The molecule has 61 heavy (non-hydrogen) atoms. The Morgan fingerprint density at radius 3 is 1.79 bits per heavy atom. The van der Waals surface area contributed by atoms with Crippen molar-refractivity contribution in [3.63, 3.8) is 0 Å². The number of fused-ring (bicyclic) bond motifs is 7. The summed E-state index contributed by atoms with van der Waals surface area (Å²) in [7, 11) is 0. The van der Waals surface area contributed by atoms with Crippen molar-refractivity contribution in [2.45, 2.75) is 38.0 Å². The minimum absolute atomic E-state index is 0.567. The van der Waals surface area contributed by atoms with Crippen molar-refractivity contribution >= 4 is 71.7 Å². The minimum Gasteiger partial charge on any atom is -0.456 e. The molecule has 3 heteroatoms. The average Bonchev–Trinajstić information content (AvgIpc) is 3.90. The van der Waals surface area contributed by atoms with Crippen LogP contribution in [0.1, 0.15) is 43.6 Å². The molecule has 0 spiro atoms. The molecule has 0 saturated heterocycles. The normalized spacial score (nSPS) is 13.5. The van der Waals surface area contributed by atoms with Crippen molar-refractivity contribution in [2.75, 3.05) is 4.90 Å². The van der Waals surface area contributed by atoms with Gasteiger partial charge in [-0.05, 0) is 118 Å². The molecular weight excluding hydrogens is 743 g/mol. The summed E-state index contributed by atoms with van der Waals surface area (Å²) < 4.78 is 12.7. The van der Waals surface area contributed by atoms with E-state index in [1.165, 1.54) is 59.6 Å². The summed E-state index contributed by atoms with van der Waals surface area (Å²) in [5.74, 6) is 0.567. The van der Waals surface area contributed by atoms with Crippen LogP contribution in [0, 0.1) is 0 Å². The van der Waals surface area contributed by atoms with E-state index < -0.39 is 0 Å². The average molecular weight is 786 g/mol. The predicted octanol–water partition coefficient (Wildman–Crippen LogP) is 17.2. The first kappa shape index (κ1) is 35.6. The van der Waals surface area contributed by atoms with Gasteiger partial charge in [-0.3, -0.25) is 0 Å². The van der Waals surface area contributed by atoms with Crippen LogP contribution in [0.2, 0.25) is 0 Å². The van der Waals surface area contributed by atoms with E-state index in [1.807, 2.05) is 24.3 Å². The van der Waals surface area contributed by atoms with Gasteiger partial charge in [0.05, 0.1) is 11.4 Å². The van der Waals surface area contributed by atoms with Crippen molar-refractivity contribution in [2.24, 2.45) is 0 Å². The Labute approximate surface area is 355 Å². The second-order valence-electron chi connectivity index (χ2n) is 16.6. The number of furan rings is 2. The summed E-state index contributed by atoms with van der Waals surface area (Å²) in [5, 5.41) is 7.18. The molecule has 1 saturated carbocycles. The summed E-state index contributed by atoms with van der Waals surface area (Å²) in [4.78, 5) is 2.48. The first-order valence-corrected chi connectivity index (χ1v) is 21.7. The molecule has 11 aromatic rings. The van der Waals surface area contributed by atoms with Crippen LogP contribution in [0.4, 0.5) is 17.1 Å². The quantitative estimate of drug-likeness (QED) is 0.161. The van der Waals surface area contributed by atoms with Gasteiger partial charge in [0.1, 0.15) is 22.3 Å². The number of hydrogen-bond donors (Lipinski definition) is 0. The van der Waals surface area contributed by atoms with Crippen molar-refractivity contribution in [3.8, 4) is 33.4 Å². The van der Waals surface area contributed by atoms with Gasteiger partial charge in [0.25, 0.3) is 0 Å². The summed E-state index contributed by atoms with van der Waals surface area (Å²) >= 11 is 0. The molecule has 0 N–H and O–H groups in total. The molecule has 3 nitrogen and oxygen atoms in total. The molecule has 292 valence electrons.